The van der Waals surface area contributed by atoms with Gasteiger partial charge in [0.25, 0.3) is 0 Å². The van der Waals surface area contributed by atoms with Gasteiger partial charge >= 0.3 is 0 Å². The molecule has 0 aliphatic heterocycles. The normalized spacial score (nSPS) is 12.4. The van der Waals surface area contributed by atoms with E-state index in [0.717, 1.165) is 5.56 Å². The van der Waals surface area contributed by atoms with Crippen molar-refractivity contribution in [2.75, 3.05) is 6.54 Å². The molecule has 0 saturated carbocycles. The lowest BCUT2D eigenvalue weighted by molar-refractivity contribution is -0.121. The Morgan fingerprint density at radius 2 is 1.78 bits per heavy atom. The molecule has 0 aliphatic rings. The molecule has 27 heavy (non-hydrogen) atoms. The van der Waals surface area contributed by atoms with Gasteiger partial charge in [-0.15, -0.1) is 0 Å². The van der Waals surface area contributed by atoms with E-state index in [1.807, 2.05) is 0 Å². The van der Waals surface area contributed by atoms with Gasteiger partial charge in [-0.2, -0.15) is 0 Å². The highest BCUT2D eigenvalue weighted by molar-refractivity contribution is 7.89. The maximum absolute atomic E-state index is 12.9. The molecular weight excluding hydrogens is 371 g/mol. The maximum Gasteiger partial charge on any atom is 0.240 e. The van der Waals surface area contributed by atoms with Crippen LogP contribution in [0.4, 0.5) is 4.39 Å². The largest absolute Gasteiger partial charge is 0.350 e. The first-order valence-electron chi connectivity index (χ1n) is 8.34. The summed E-state index contributed by atoms with van der Waals surface area (Å²) in [6.07, 6.45) is -0.0584. The third kappa shape index (κ3) is 5.97. The average molecular weight is 392 g/mol. The van der Waals surface area contributed by atoms with Gasteiger partial charge in [-0.05, 0) is 43.7 Å². The second-order valence-corrected chi connectivity index (χ2v) is 7.84. The van der Waals surface area contributed by atoms with Crippen LogP contribution >= 0.6 is 0 Å². The summed E-state index contributed by atoms with van der Waals surface area (Å²) < 4.78 is 39.8. The molecule has 0 saturated heterocycles. The number of hydrogen-bond acceptors (Lipinski definition) is 4. The molecule has 2 aromatic carbocycles. The number of carbonyl (C=O) groups excluding carboxylic acids is 2. The molecule has 2 N–H and O–H groups in total. The Labute approximate surface area is 157 Å². The monoisotopic (exact) mass is 392 g/mol. The fraction of sp³-hybridized carbons (Fsp3) is 0.263. The van der Waals surface area contributed by atoms with Gasteiger partial charge in [0.1, 0.15) is 5.82 Å². The number of Topliss-reactive ketones (excluding diaryl/α,β-unsaturated/α-hetero) is 1. The van der Waals surface area contributed by atoms with Crippen molar-refractivity contribution in [3.05, 3.63) is 65.5 Å². The fourth-order valence-corrected chi connectivity index (χ4v) is 3.49. The molecule has 0 fully saturated rings. The van der Waals surface area contributed by atoms with E-state index >= 15 is 0 Å². The number of carbonyl (C=O) groups is 2. The number of benzene rings is 2. The van der Waals surface area contributed by atoms with Gasteiger partial charge in [-0.3, -0.25) is 9.59 Å². The Morgan fingerprint density at radius 1 is 1.11 bits per heavy atom. The van der Waals surface area contributed by atoms with Crippen LogP contribution < -0.4 is 10.0 Å². The minimum atomic E-state index is -3.82. The molecule has 0 radical (unpaired) electrons. The Kier molecular flexibility index (Phi) is 6.81. The topological polar surface area (TPSA) is 92.3 Å². The first kappa shape index (κ1) is 20.7. The molecule has 2 rings (SSSR count). The van der Waals surface area contributed by atoms with Crippen LogP contribution in [-0.2, 0) is 14.8 Å². The molecule has 0 bridgehead atoms. The predicted octanol–water partition coefficient (Wildman–Crippen LogP) is 2.57. The van der Waals surface area contributed by atoms with Crippen molar-refractivity contribution in [3.63, 3.8) is 0 Å². The standard InChI is InChI=1S/C19H21FN2O4S/c1-13(15-6-8-17(20)9-7-15)22-19(24)10-11-21-27(25,26)18-5-3-4-16(12-18)14(2)23/h3-9,12-13,21H,10-11H2,1-2H3,(H,22,24)/t13-/m1/s1. The molecule has 0 heterocycles. The number of sulfonamides is 1. The van der Waals surface area contributed by atoms with E-state index in [2.05, 4.69) is 10.0 Å². The van der Waals surface area contributed by atoms with Crippen LogP contribution in [0.1, 0.15) is 42.2 Å². The van der Waals surface area contributed by atoms with Crippen LogP contribution in [-0.4, -0.2) is 26.7 Å². The highest BCUT2D eigenvalue weighted by Gasteiger charge is 2.16. The second kappa shape index (κ2) is 8.88. The van der Waals surface area contributed by atoms with Gasteiger partial charge in [-0.25, -0.2) is 17.5 Å². The van der Waals surface area contributed by atoms with E-state index in [-0.39, 0.29) is 41.4 Å². The van der Waals surface area contributed by atoms with Gasteiger partial charge < -0.3 is 5.32 Å². The molecule has 0 aromatic heterocycles. The van der Waals surface area contributed by atoms with Crippen molar-refractivity contribution in [3.8, 4) is 0 Å². The van der Waals surface area contributed by atoms with Crippen molar-refractivity contribution < 1.29 is 22.4 Å². The van der Waals surface area contributed by atoms with Gasteiger partial charge in [0.2, 0.25) is 15.9 Å². The van der Waals surface area contributed by atoms with E-state index in [1.165, 1.54) is 43.3 Å². The molecule has 0 spiro atoms. The third-order valence-corrected chi connectivity index (χ3v) is 5.40. The predicted molar refractivity (Wildman–Crippen MR) is 99.2 cm³/mol. The quantitative estimate of drug-likeness (QED) is 0.676. The van der Waals surface area contributed by atoms with Crippen LogP contribution in [0.25, 0.3) is 0 Å². The minimum absolute atomic E-state index is 0.0321. The van der Waals surface area contributed by atoms with Gasteiger partial charge in [0.15, 0.2) is 5.78 Å². The third-order valence-electron chi connectivity index (χ3n) is 3.94. The zero-order chi connectivity index (χ0) is 20.0. The molecule has 0 aliphatic carbocycles. The van der Waals surface area contributed by atoms with Crippen molar-refractivity contribution in [1.82, 2.24) is 10.0 Å². The summed E-state index contributed by atoms with van der Waals surface area (Å²) >= 11 is 0. The van der Waals surface area contributed by atoms with Gasteiger partial charge in [-0.1, -0.05) is 24.3 Å². The molecule has 2 aromatic rings. The Balaban J connectivity index is 1.89. The van der Waals surface area contributed by atoms with Crippen LogP contribution in [0.15, 0.2) is 53.4 Å². The van der Waals surface area contributed by atoms with Crippen molar-refractivity contribution in [2.45, 2.75) is 31.2 Å². The SMILES string of the molecule is CC(=O)c1cccc(S(=O)(=O)NCCC(=O)N[C@H](C)c2ccc(F)cc2)c1. The molecule has 8 heteroatoms. The summed E-state index contributed by atoms with van der Waals surface area (Å²) in [6, 6.07) is 11.1. The van der Waals surface area contributed by atoms with Crippen LogP contribution in [0.3, 0.4) is 0 Å². The van der Waals surface area contributed by atoms with Crippen molar-refractivity contribution in [1.29, 1.82) is 0 Å². The molecule has 1 atom stereocenters. The Hall–Kier alpha value is -2.58. The summed E-state index contributed by atoms with van der Waals surface area (Å²) in [7, 11) is -3.82. The highest BCUT2D eigenvalue weighted by atomic mass is 32.2. The smallest absolute Gasteiger partial charge is 0.240 e. The molecule has 1 amide bonds. The van der Waals surface area contributed by atoms with Crippen molar-refractivity contribution in [2.24, 2.45) is 0 Å². The lowest BCUT2D eigenvalue weighted by Gasteiger charge is -2.14. The number of ketones is 1. The number of rotatable bonds is 8. The van der Waals surface area contributed by atoms with E-state index in [0.29, 0.717) is 5.56 Å². The Morgan fingerprint density at radius 3 is 2.41 bits per heavy atom. The lowest BCUT2D eigenvalue weighted by atomic mass is 10.1. The number of hydrogen-bond donors (Lipinski definition) is 2. The second-order valence-electron chi connectivity index (χ2n) is 6.07. The van der Waals surface area contributed by atoms with Crippen LogP contribution in [0.5, 0.6) is 0 Å². The first-order chi connectivity index (χ1) is 12.7. The zero-order valence-electron chi connectivity index (χ0n) is 15.0. The van der Waals surface area contributed by atoms with E-state index in [4.69, 9.17) is 0 Å². The van der Waals surface area contributed by atoms with Crippen molar-refractivity contribution >= 4 is 21.7 Å². The van der Waals surface area contributed by atoms with Gasteiger partial charge in [0, 0.05) is 18.5 Å². The molecular formula is C19H21FN2O4S. The maximum atomic E-state index is 12.9. The molecule has 6 nitrogen and oxygen atoms in total. The highest BCUT2D eigenvalue weighted by Crippen LogP contribution is 2.14. The summed E-state index contributed by atoms with van der Waals surface area (Å²) in [5.41, 5.74) is 1.04. The van der Waals surface area contributed by atoms with Crippen LogP contribution in [0, 0.1) is 5.82 Å². The number of amides is 1. The van der Waals surface area contributed by atoms with Crippen LogP contribution in [0.2, 0.25) is 0 Å². The summed E-state index contributed by atoms with van der Waals surface area (Å²) in [6.45, 7) is 3.02. The average Bonchev–Trinajstić information content (AvgIpc) is 2.62. The van der Waals surface area contributed by atoms with E-state index in [1.54, 1.807) is 19.1 Å². The summed E-state index contributed by atoms with van der Waals surface area (Å²) in [4.78, 5) is 23.3. The number of halogens is 1. The number of nitrogens with one attached hydrogen (secondary N) is 2. The van der Waals surface area contributed by atoms with E-state index in [9.17, 15) is 22.4 Å². The minimum Gasteiger partial charge on any atom is -0.350 e. The summed E-state index contributed by atoms with van der Waals surface area (Å²) in [5.74, 6) is -0.936. The molecule has 144 valence electrons. The zero-order valence-corrected chi connectivity index (χ0v) is 15.8. The molecule has 0 unspecified atom stereocenters. The first-order valence-corrected chi connectivity index (χ1v) is 9.83. The van der Waals surface area contributed by atoms with E-state index < -0.39 is 10.0 Å². The fourth-order valence-electron chi connectivity index (χ4n) is 2.41. The Bertz CT molecular complexity index is 927. The van der Waals surface area contributed by atoms with Gasteiger partial charge in [0.05, 0.1) is 10.9 Å². The lowest BCUT2D eigenvalue weighted by Crippen LogP contribution is -2.32. The summed E-state index contributed by atoms with van der Waals surface area (Å²) in [5, 5.41) is 2.72.